The van der Waals surface area contributed by atoms with Gasteiger partial charge in [0.15, 0.2) is 0 Å². The number of nitriles is 1. The van der Waals surface area contributed by atoms with Crippen LogP contribution in [0.5, 0.6) is 5.75 Å². The minimum Gasteiger partial charge on any atom is -0.488 e. The number of rotatable bonds is 7. The third-order valence-corrected chi connectivity index (χ3v) is 3.60. The van der Waals surface area contributed by atoms with Crippen LogP contribution in [-0.4, -0.2) is 17.4 Å². The number of hydrogen-bond acceptors (Lipinski definition) is 5. The molecule has 1 N–H and O–H groups in total. The molecular formula is C19H14ClN3O4. The largest absolute Gasteiger partial charge is 0.488 e. The maximum atomic E-state index is 12.3. The van der Waals surface area contributed by atoms with E-state index in [1.165, 1.54) is 30.3 Å². The molecule has 2 aromatic carbocycles. The first kappa shape index (κ1) is 19.7. The number of benzene rings is 2. The number of ether oxygens (including phenoxy) is 1. The van der Waals surface area contributed by atoms with Crippen LogP contribution < -0.4 is 10.1 Å². The summed E-state index contributed by atoms with van der Waals surface area (Å²) in [7, 11) is 0. The van der Waals surface area contributed by atoms with E-state index in [0.717, 1.165) is 0 Å². The highest BCUT2D eigenvalue weighted by Gasteiger charge is 2.12. The monoisotopic (exact) mass is 383 g/mol. The highest BCUT2D eigenvalue weighted by molar-refractivity contribution is 6.32. The van der Waals surface area contributed by atoms with Crippen LogP contribution in [0.15, 0.2) is 60.7 Å². The van der Waals surface area contributed by atoms with Crippen LogP contribution in [-0.2, 0) is 4.79 Å². The van der Waals surface area contributed by atoms with Crippen molar-refractivity contribution in [2.45, 2.75) is 0 Å². The molecule has 0 aliphatic rings. The Labute approximate surface area is 160 Å². The lowest BCUT2D eigenvalue weighted by Gasteiger charge is -2.07. The lowest BCUT2D eigenvalue weighted by molar-refractivity contribution is -0.384. The topological polar surface area (TPSA) is 105 Å². The summed E-state index contributed by atoms with van der Waals surface area (Å²) in [6.07, 6.45) is 2.94. The fourth-order valence-corrected chi connectivity index (χ4v) is 2.33. The number of carbonyl (C=O) groups excluding carboxylic acids is 1. The van der Waals surface area contributed by atoms with E-state index in [0.29, 0.717) is 22.9 Å². The molecule has 0 radical (unpaired) electrons. The second-order valence-electron chi connectivity index (χ2n) is 5.22. The Morgan fingerprint density at radius 2 is 2.15 bits per heavy atom. The number of non-ortho nitro benzene ring substituents is 1. The van der Waals surface area contributed by atoms with Gasteiger partial charge in [-0.3, -0.25) is 14.9 Å². The molecule has 0 unspecified atom stereocenters. The average Bonchev–Trinajstić information content (AvgIpc) is 2.65. The first-order chi connectivity index (χ1) is 12.9. The minimum absolute atomic E-state index is 0.169. The minimum atomic E-state index is -0.693. The fraction of sp³-hybridized carbons (Fsp3) is 0.0526. The Hall–Kier alpha value is -3.63. The lowest BCUT2D eigenvalue weighted by atomic mass is 10.1. The van der Waals surface area contributed by atoms with E-state index in [1.54, 1.807) is 30.3 Å². The summed E-state index contributed by atoms with van der Waals surface area (Å²) in [5.41, 5.74) is 0.382. The van der Waals surface area contributed by atoms with Crippen LogP contribution >= 0.6 is 11.6 Å². The zero-order valence-corrected chi connectivity index (χ0v) is 14.8. The highest BCUT2D eigenvalue weighted by atomic mass is 35.5. The van der Waals surface area contributed by atoms with E-state index in [-0.39, 0.29) is 16.9 Å². The van der Waals surface area contributed by atoms with Gasteiger partial charge in [-0.2, -0.15) is 5.26 Å². The van der Waals surface area contributed by atoms with Gasteiger partial charge in [-0.15, -0.1) is 0 Å². The van der Waals surface area contributed by atoms with Gasteiger partial charge < -0.3 is 10.1 Å². The van der Waals surface area contributed by atoms with Crippen molar-refractivity contribution in [2.24, 2.45) is 0 Å². The van der Waals surface area contributed by atoms with Crippen molar-refractivity contribution in [3.8, 4) is 11.8 Å². The van der Waals surface area contributed by atoms with Crippen LogP contribution in [0.2, 0.25) is 5.02 Å². The molecule has 0 spiro atoms. The second-order valence-corrected chi connectivity index (χ2v) is 5.63. The van der Waals surface area contributed by atoms with E-state index in [1.807, 2.05) is 0 Å². The number of nitrogens with one attached hydrogen (secondary N) is 1. The maximum Gasteiger partial charge on any atom is 0.271 e. The van der Waals surface area contributed by atoms with Crippen molar-refractivity contribution in [1.29, 1.82) is 5.26 Å². The smallest absolute Gasteiger partial charge is 0.271 e. The Bertz CT molecular complexity index is 964. The lowest BCUT2D eigenvalue weighted by Crippen LogP contribution is -2.13. The molecule has 0 bridgehead atoms. The van der Waals surface area contributed by atoms with E-state index in [9.17, 15) is 20.2 Å². The third-order valence-electron chi connectivity index (χ3n) is 3.30. The van der Waals surface area contributed by atoms with Crippen molar-refractivity contribution >= 4 is 35.0 Å². The first-order valence-corrected chi connectivity index (χ1v) is 8.03. The Morgan fingerprint density at radius 3 is 2.78 bits per heavy atom. The van der Waals surface area contributed by atoms with Gasteiger partial charge in [0.1, 0.15) is 24.0 Å². The third kappa shape index (κ3) is 5.42. The summed E-state index contributed by atoms with van der Waals surface area (Å²) >= 11 is 6.11. The predicted molar refractivity (Wildman–Crippen MR) is 102 cm³/mol. The number of anilines is 1. The molecule has 0 aliphatic heterocycles. The van der Waals surface area contributed by atoms with E-state index in [4.69, 9.17) is 16.3 Å². The van der Waals surface area contributed by atoms with Gasteiger partial charge >= 0.3 is 0 Å². The zero-order chi connectivity index (χ0) is 19.8. The molecule has 27 heavy (non-hydrogen) atoms. The molecule has 2 aromatic rings. The number of halogens is 1. The van der Waals surface area contributed by atoms with Crippen molar-refractivity contribution in [3.05, 3.63) is 81.4 Å². The molecule has 0 aromatic heterocycles. The van der Waals surface area contributed by atoms with Gasteiger partial charge in [-0.1, -0.05) is 36.4 Å². The number of nitro benzene ring substituents is 1. The fourth-order valence-electron chi connectivity index (χ4n) is 2.08. The van der Waals surface area contributed by atoms with Crippen LogP contribution in [0.25, 0.3) is 6.08 Å². The number of nitro groups is 1. The van der Waals surface area contributed by atoms with Crippen molar-refractivity contribution < 1.29 is 14.5 Å². The van der Waals surface area contributed by atoms with Gasteiger partial charge in [0.25, 0.3) is 11.6 Å². The number of nitrogens with zero attached hydrogens (tertiary/aromatic N) is 2. The van der Waals surface area contributed by atoms with E-state index in [2.05, 4.69) is 11.9 Å². The molecule has 7 nitrogen and oxygen atoms in total. The highest BCUT2D eigenvalue weighted by Crippen LogP contribution is 2.26. The van der Waals surface area contributed by atoms with Crippen molar-refractivity contribution in [3.63, 3.8) is 0 Å². The summed E-state index contributed by atoms with van der Waals surface area (Å²) < 4.78 is 5.36. The number of hydrogen-bond donors (Lipinski definition) is 1. The summed E-state index contributed by atoms with van der Waals surface area (Å²) in [6, 6.07) is 12.0. The molecule has 0 aliphatic carbocycles. The Morgan fingerprint density at radius 1 is 1.37 bits per heavy atom. The van der Waals surface area contributed by atoms with Gasteiger partial charge in [-0.25, -0.2) is 0 Å². The van der Waals surface area contributed by atoms with Crippen LogP contribution in [0.4, 0.5) is 11.4 Å². The van der Waals surface area contributed by atoms with E-state index >= 15 is 0 Å². The van der Waals surface area contributed by atoms with Gasteiger partial charge in [0.05, 0.1) is 9.95 Å². The molecule has 0 heterocycles. The average molecular weight is 384 g/mol. The van der Waals surface area contributed by atoms with Crippen molar-refractivity contribution in [2.75, 3.05) is 11.9 Å². The summed E-state index contributed by atoms with van der Waals surface area (Å²) in [5.74, 6) is -0.241. The number of amides is 1. The van der Waals surface area contributed by atoms with Gasteiger partial charge in [0.2, 0.25) is 0 Å². The van der Waals surface area contributed by atoms with Crippen LogP contribution in [0.1, 0.15) is 5.56 Å². The molecule has 0 atom stereocenters. The van der Waals surface area contributed by atoms with Gasteiger partial charge in [-0.05, 0) is 29.8 Å². The van der Waals surface area contributed by atoms with E-state index < -0.39 is 10.8 Å². The summed E-state index contributed by atoms with van der Waals surface area (Å²) in [6.45, 7) is 3.84. The molecular weight excluding hydrogens is 370 g/mol. The molecule has 1 amide bonds. The van der Waals surface area contributed by atoms with Crippen LogP contribution in [0.3, 0.4) is 0 Å². The Balaban J connectivity index is 2.20. The Kier molecular flexibility index (Phi) is 6.69. The quantitative estimate of drug-likeness (QED) is 0.251. The SMILES string of the molecule is C=CCOc1ccc(/C=C(\C#N)C(=O)Nc2cccc([N+](=O)[O-])c2)cc1Cl. The number of carbonyl (C=O) groups is 1. The molecule has 0 saturated carbocycles. The standard InChI is InChI=1S/C19H14ClN3O4/c1-2-8-27-18-7-6-13(10-17(18)20)9-14(12-21)19(24)22-15-4-3-5-16(11-15)23(25)26/h2-7,9-11H,1,8H2,(H,22,24)/b14-9+. The van der Waals surface area contributed by atoms with Crippen LogP contribution in [0, 0.1) is 21.4 Å². The first-order valence-electron chi connectivity index (χ1n) is 7.65. The predicted octanol–water partition coefficient (Wildman–Crippen LogP) is 4.36. The molecule has 0 saturated heterocycles. The maximum absolute atomic E-state index is 12.3. The molecule has 136 valence electrons. The summed E-state index contributed by atoms with van der Waals surface area (Å²) in [4.78, 5) is 22.5. The normalized spacial score (nSPS) is 10.6. The molecule has 2 rings (SSSR count). The molecule has 8 heteroatoms. The summed E-state index contributed by atoms with van der Waals surface area (Å²) in [5, 5.41) is 22.8. The zero-order valence-electron chi connectivity index (χ0n) is 14.0. The molecule has 0 fully saturated rings. The van der Waals surface area contributed by atoms with Gasteiger partial charge in [0, 0.05) is 17.8 Å². The van der Waals surface area contributed by atoms with Crippen molar-refractivity contribution in [1.82, 2.24) is 0 Å². The second kappa shape index (κ2) is 9.17.